The number of carbonyl (C=O) groups is 3. The summed E-state index contributed by atoms with van der Waals surface area (Å²) < 4.78 is 0. The highest BCUT2D eigenvalue weighted by atomic mass is 35.5. The number of carbonyl (C=O) groups excluding carboxylic acids is 3. The van der Waals surface area contributed by atoms with Gasteiger partial charge in [0.15, 0.2) is 0 Å². The van der Waals surface area contributed by atoms with Gasteiger partial charge in [0, 0.05) is 27.0 Å². The summed E-state index contributed by atoms with van der Waals surface area (Å²) in [6, 6.07) is 13.5. The van der Waals surface area contributed by atoms with Gasteiger partial charge in [-0.3, -0.25) is 14.4 Å². The first-order valence-corrected chi connectivity index (χ1v) is 11.9. The number of benzene rings is 3. The van der Waals surface area contributed by atoms with Crippen molar-refractivity contribution in [2.75, 3.05) is 15.5 Å². The first kappa shape index (κ1) is 25.6. The van der Waals surface area contributed by atoms with E-state index < -0.39 is 17.7 Å². The Bertz CT molecular complexity index is 1420. The zero-order valence-corrected chi connectivity index (χ0v) is 21.7. The van der Waals surface area contributed by atoms with Crippen LogP contribution in [0.5, 0.6) is 0 Å². The predicted octanol–water partition coefficient (Wildman–Crippen LogP) is 7.64. The topological polar surface area (TPSA) is 78.5 Å². The number of rotatable bonds is 5. The van der Waals surface area contributed by atoms with Crippen molar-refractivity contribution in [2.24, 2.45) is 0 Å². The summed E-state index contributed by atoms with van der Waals surface area (Å²) in [6.07, 6.45) is 0. The van der Waals surface area contributed by atoms with Crippen LogP contribution in [0.1, 0.15) is 10.4 Å². The summed E-state index contributed by atoms with van der Waals surface area (Å²) in [7, 11) is 0. The van der Waals surface area contributed by atoms with Gasteiger partial charge in [-0.05, 0) is 48.5 Å². The van der Waals surface area contributed by atoms with E-state index in [0.29, 0.717) is 21.4 Å². The van der Waals surface area contributed by atoms with Crippen molar-refractivity contribution in [3.8, 4) is 0 Å². The minimum atomic E-state index is -0.800. The van der Waals surface area contributed by atoms with Crippen LogP contribution >= 0.6 is 69.6 Å². The molecule has 0 unspecified atom stereocenters. The second kappa shape index (κ2) is 10.3. The molecule has 0 aliphatic carbocycles. The van der Waals surface area contributed by atoms with Crippen molar-refractivity contribution >= 4 is 104 Å². The fraction of sp³-hybridized carbons (Fsp3) is 0. The number of hydrogen-bond donors (Lipinski definition) is 2. The minimum absolute atomic E-state index is 0.0272. The standard InChI is InChI=1S/C23H11Cl6N3O3/c24-11-5-12(25)7-14(6-11)31-21(33)10-2-1-3-13(4-10)30-20-19(29)22(34)32(23(20)35)18-9-16(27)15(26)8-17(18)28/h1-9,30H,(H,31,33). The van der Waals surface area contributed by atoms with E-state index in [4.69, 9.17) is 69.6 Å². The molecule has 35 heavy (non-hydrogen) atoms. The fourth-order valence-corrected chi connectivity index (χ4v) is 4.59. The molecule has 3 amide bonds. The second-order valence-electron chi connectivity index (χ2n) is 7.17. The molecule has 0 atom stereocenters. The number of anilines is 3. The summed E-state index contributed by atoms with van der Waals surface area (Å²) in [4.78, 5) is 39.3. The molecule has 0 aromatic heterocycles. The van der Waals surface area contributed by atoms with Crippen LogP contribution in [0.4, 0.5) is 17.1 Å². The van der Waals surface area contributed by atoms with Gasteiger partial charge in [0.2, 0.25) is 0 Å². The highest BCUT2D eigenvalue weighted by Crippen LogP contribution is 2.38. The van der Waals surface area contributed by atoms with E-state index in [1.54, 1.807) is 30.3 Å². The van der Waals surface area contributed by atoms with Crippen molar-refractivity contribution in [1.29, 1.82) is 0 Å². The Labute approximate surface area is 229 Å². The van der Waals surface area contributed by atoms with Crippen molar-refractivity contribution in [3.05, 3.63) is 96.0 Å². The zero-order chi connectivity index (χ0) is 25.4. The maximum absolute atomic E-state index is 13.1. The minimum Gasteiger partial charge on any atom is -0.350 e. The number of imide groups is 1. The van der Waals surface area contributed by atoms with E-state index in [1.165, 1.54) is 24.3 Å². The van der Waals surface area contributed by atoms with Crippen LogP contribution < -0.4 is 15.5 Å². The van der Waals surface area contributed by atoms with Crippen molar-refractivity contribution in [3.63, 3.8) is 0 Å². The summed E-state index contributed by atoms with van der Waals surface area (Å²) in [6.45, 7) is 0. The van der Waals surface area contributed by atoms with E-state index in [1.807, 2.05) is 0 Å². The zero-order valence-electron chi connectivity index (χ0n) is 17.1. The van der Waals surface area contributed by atoms with Gasteiger partial charge in [-0.2, -0.15) is 0 Å². The van der Waals surface area contributed by atoms with Gasteiger partial charge in [0.05, 0.1) is 20.8 Å². The third-order valence-corrected chi connectivity index (χ3v) is 6.58. The molecule has 0 radical (unpaired) electrons. The fourth-order valence-electron chi connectivity index (χ4n) is 3.23. The van der Waals surface area contributed by atoms with Crippen LogP contribution in [-0.4, -0.2) is 17.7 Å². The van der Waals surface area contributed by atoms with Crippen LogP contribution in [0, 0.1) is 0 Å². The maximum Gasteiger partial charge on any atom is 0.283 e. The lowest BCUT2D eigenvalue weighted by molar-refractivity contribution is -0.120. The van der Waals surface area contributed by atoms with Crippen LogP contribution in [0.3, 0.4) is 0 Å². The molecule has 1 aliphatic rings. The molecule has 12 heteroatoms. The Balaban J connectivity index is 1.57. The lowest BCUT2D eigenvalue weighted by atomic mass is 10.1. The first-order chi connectivity index (χ1) is 16.5. The van der Waals surface area contributed by atoms with Crippen molar-refractivity contribution in [2.45, 2.75) is 0 Å². The summed E-state index contributed by atoms with van der Waals surface area (Å²) >= 11 is 36.3. The van der Waals surface area contributed by atoms with Crippen molar-refractivity contribution in [1.82, 2.24) is 0 Å². The quantitative estimate of drug-likeness (QED) is 0.237. The SMILES string of the molecule is O=C(Nc1cc(Cl)cc(Cl)c1)c1cccc(NC2=C(Cl)C(=O)N(c3cc(Cl)c(Cl)cc3Cl)C2=O)c1. The molecule has 0 saturated heterocycles. The number of amides is 3. The van der Waals surface area contributed by atoms with Crippen molar-refractivity contribution < 1.29 is 14.4 Å². The Morgan fingerprint density at radius 1 is 0.714 bits per heavy atom. The van der Waals surface area contributed by atoms with E-state index in [0.717, 1.165) is 4.90 Å². The third kappa shape index (κ3) is 5.38. The summed E-state index contributed by atoms with van der Waals surface area (Å²) in [5, 5.41) is 6.15. The molecule has 0 bridgehead atoms. The third-order valence-electron chi connectivity index (χ3n) is 4.77. The molecule has 3 aromatic carbocycles. The molecule has 2 N–H and O–H groups in total. The molecule has 1 aliphatic heterocycles. The van der Waals surface area contributed by atoms with E-state index in [2.05, 4.69) is 10.6 Å². The van der Waals surface area contributed by atoms with E-state index >= 15 is 0 Å². The highest BCUT2D eigenvalue weighted by Gasteiger charge is 2.40. The molecule has 178 valence electrons. The molecule has 4 rings (SSSR count). The largest absolute Gasteiger partial charge is 0.350 e. The van der Waals surface area contributed by atoms with Crippen LogP contribution in [-0.2, 0) is 9.59 Å². The first-order valence-electron chi connectivity index (χ1n) is 9.63. The molecule has 0 fully saturated rings. The summed E-state index contributed by atoms with van der Waals surface area (Å²) in [5.41, 5.74) is 0.821. The van der Waals surface area contributed by atoms with Gasteiger partial charge in [0.1, 0.15) is 10.7 Å². The molecule has 0 saturated carbocycles. The van der Waals surface area contributed by atoms with E-state index in [-0.39, 0.29) is 37.0 Å². The number of halogens is 6. The van der Waals surface area contributed by atoms with Gasteiger partial charge in [-0.15, -0.1) is 0 Å². The lowest BCUT2D eigenvalue weighted by Gasteiger charge is -2.17. The Morgan fingerprint density at radius 2 is 1.37 bits per heavy atom. The lowest BCUT2D eigenvalue weighted by Crippen LogP contribution is -2.32. The normalized spacial score (nSPS) is 13.5. The molecular weight excluding hydrogens is 579 g/mol. The molecule has 1 heterocycles. The number of nitrogens with zero attached hydrogens (tertiary/aromatic N) is 1. The molecular formula is C23H11Cl6N3O3. The number of hydrogen-bond acceptors (Lipinski definition) is 4. The van der Waals surface area contributed by atoms with Gasteiger partial charge in [-0.1, -0.05) is 75.7 Å². The van der Waals surface area contributed by atoms with Gasteiger partial charge < -0.3 is 10.6 Å². The van der Waals surface area contributed by atoms with Crippen LogP contribution in [0.2, 0.25) is 25.1 Å². The van der Waals surface area contributed by atoms with Crippen LogP contribution in [0.25, 0.3) is 0 Å². The molecule has 0 spiro atoms. The Morgan fingerprint density at radius 3 is 2.06 bits per heavy atom. The molecule has 6 nitrogen and oxygen atoms in total. The highest BCUT2D eigenvalue weighted by molar-refractivity contribution is 6.54. The smallest absolute Gasteiger partial charge is 0.283 e. The average molecular weight is 590 g/mol. The van der Waals surface area contributed by atoms with Gasteiger partial charge in [-0.25, -0.2) is 4.90 Å². The Hall–Kier alpha value is -2.45. The van der Waals surface area contributed by atoms with Gasteiger partial charge >= 0.3 is 0 Å². The monoisotopic (exact) mass is 587 g/mol. The Kier molecular flexibility index (Phi) is 7.52. The summed E-state index contributed by atoms with van der Waals surface area (Å²) in [5.74, 6) is -2.01. The second-order valence-corrected chi connectivity index (χ2v) is 9.64. The van der Waals surface area contributed by atoms with Gasteiger partial charge in [0.25, 0.3) is 17.7 Å². The number of nitrogens with one attached hydrogen (secondary N) is 2. The average Bonchev–Trinajstić information content (AvgIpc) is 2.99. The van der Waals surface area contributed by atoms with Crippen LogP contribution in [0.15, 0.2) is 65.3 Å². The maximum atomic E-state index is 13.1. The predicted molar refractivity (Wildman–Crippen MR) is 141 cm³/mol. The molecule has 3 aromatic rings. The van der Waals surface area contributed by atoms with E-state index in [9.17, 15) is 14.4 Å².